The van der Waals surface area contributed by atoms with Crippen LogP contribution in [0.3, 0.4) is 0 Å². The number of nitrogens with one attached hydrogen (secondary N) is 3. The SMILES string of the molecule is CC(C)C[C@H](NC(=O)[C@H](CS)NC(=O)[C@@H](N)CCCCN)C(=O)N[C@@H](C)C(=O)O. The molecule has 0 rings (SSSR count). The molecule has 29 heavy (non-hydrogen) atoms. The maximum absolute atomic E-state index is 12.6. The van der Waals surface area contributed by atoms with Crippen molar-refractivity contribution >= 4 is 36.3 Å². The number of amides is 3. The van der Waals surface area contributed by atoms with E-state index in [9.17, 15) is 19.2 Å². The fraction of sp³-hybridized carbons (Fsp3) is 0.778. The van der Waals surface area contributed by atoms with Gasteiger partial charge in [-0.05, 0) is 38.6 Å². The van der Waals surface area contributed by atoms with Crippen LogP contribution in [-0.4, -0.2) is 65.3 Å². The van der Waals surface area contributed by atoms with Gasteiger partial charge in [0, 0.05) is 5.75 Å². The van der Waals surface area contributed by atoms with Crippen molar-refractivity contribution in [2.45, 2.75) is 70.6 Å². The molecule has 8 N–H and O–H groups in total. The topological polar surface area (TPSA) is 177 Å². The van der Waals surface area contributed by atoms with Gasteiger partial charge in [-0.25, -0.2) is 0 Å². The molecule has 0 heterocycles. The Morgan fingerprint density at radius 2 is 1.48 bits per heavy atom. The summed E-state index contributed by atoms with van der Waals surface area (Å²) in [6, 6.07) is -3.79. The summed E-state index contributed by atoms with van der Waals surface area (Å²) in [5, 5.41) is 16.4. The van der Waals surface area contributed by atoms with Crippen molar-refractivity contribution in [1.82, 2.24) is 16.0 Å². The zero-order valence-electron chi connectivity index (χ0n) is 17.3. The third-order valence-electron chi connectivity index (χ3n) is 4.19. The van der Waals surface area contributed by atoms with Crippen LogP contribution in [0.2, 0.25) is 0 Å². The molecule has 0 saturated carbocycles. The minimum Gasteiger partial charge on any atom is -0.480 e. The van der Waals surface area contributed by atoms with Crippen LogP contribution in [-0.2, 0) is 19.2 Å². The van der Waals surface area contributed by atoms with Crippen molar-refractivity contribution in [1.29, 1.82) is 0 Å². The molecule has 0 aromatic heterocycles. The van der Waals surface area contributed by atoms with Crippen LogP contribution >= 0.6 is 12.6 Å². The van der Waals surface area contributed by atoms with Crippen molar-refractivity contribution in [3.05, 3.63) is 0 Å². The number of carbonyl (C=O) groups excluding carboxylic acids is 3. The molecule has 0 aromatic rings. The number of carboxylic acids is 1. The summed E-state index contributed by atoms with van der Waals surface area (Å²) in [4.78, 5) is 48.1. The summed E-state index contributed by atoms with van der Waals surface area (Å²) >= 11 is 4.10. The van der Waals surface area contributed by atoms with Crippen LogP contribution in [0.25, 0.3) is 0 Å². The number of nitrogens with two attached hydrogens (primary N) is 2. The van der Waals surface area contributed by atoms with Crippen molar-refractivity contribution in [3.8, 4) is 0 Å². The standard InChI is InChI=1S/C18H35N5O5S/c1-10(2)8-13(16(25)21-11(3)18(27)28)22-17(26)14(9-29)23-15(24)12(20)6-4-5-7-19/h10-14,29H,4-9,19-20H2,1-3H3,(H,21,25)(H,22,26)(H,23,24)(H,27,28)/t11-,12-,13-,14-/m0/s1. The average molecular weight is 434 g/mol. The highest BCUT2D eigenvalue weighted by Crippen LogP contribution is 2.07. The largest absolute Gasteiger partial charge is 0.480 e. The first-order chi connectivity index (χ1) is 13.5. The first-order valence-electron chi connectivity index (χ1n) is 9.73. The van der Waals surface area contributed by atoms with Gasteiger partial charge in [-0.15, -0.1) is 0 Å². The first kappa shape index (κ1) is 27.1. The lowest BCUT2D eigenvalue weighted by molar-refractivity contribution is -0.141. The molecule has 3 amide bonds. The van der Waals surface area contributed by atoms with Crippen LogP contribution in [0.1, 0.15) is 46.5 Å². The van der Waals surface area contributed by atoms with Gasteiger partial charge in [0.05, 0.1) is 6.04 Å². The van der Waals surface area contributed by atoms with Crippen LogP contribution in [0.15, 0.2) is 0 Å². The predicted molar refractivity (Wildman–Crippen MR) is 113 cm³/mol. The molecule has 0 spiro atoms. The summed E-state index contributed by atoms with van der Waals surface area (Å²) in [5.74, 6) is -2.80. The molecule has 0 aromatic carbocycles. The highest BCUT2D eigenvalue weighted by atomic mass is 32.1. The molecule has 0 fully saturated rings. The zero-order chi connectivity index (χ0) is 22.6. The van der Waals surface area contributed by atoms with E-state index in [0.29, 0.717) is 25.8 Å². The Morgan fingerprint density at radius 1 is 0.931 bits per heavy atom. The summed E-state index contributed by atoms with van der Waals surface area (Å²) < 4.78 is 0. The molecular weight excluding hydrogens is 398 g/mol. The number of thiol groups is 1. The van der Waals surface area contributed by atoms with E-state index in [1.165, 1.54) is 6.92 Å². The highest BCUT2D eigenvalue weighted by molar-refractivity contribution is 7.80. The highest BCUT2D eigenvalue weighted by Gasteiger charge is 2.29. The van der Waals surface area contributed by atoms with Gasteiger partial charge >= 0.3 is 5.97 Å². The third kappa shape index (κ3) is 11.1. The van der Waals surface area contributed by atoms with Crippen molar-refractivity contribution in [3.63, 3.8) is 0 Å². The summed E-state index contributed by atoms with van der Waals surface area (Å²) in [7, 11) is 0. The van der Waals surface area contributed by atoms with Crippen molar-refractivity contribution < 1.29 is 24.3 Å². The van der Waals surface area contributed by atoms with Gasteiger partial charge in [0.2, 0.25) is 17.7 Å². The van der Waals surface area contributed by atoms with E-state index in [4.69, 9.17) is 16.6 Å². The predicted octanol–water partition coefficient (Wildman–Crippen LogP) is -1.02. The van der Waals surface area contributed by atoms with Gasteiger partial charge in [-0.2, -0.15) is 12.6 Å². The van der Waals surface area contributed by atoms with E-state index in [2.05, 4.69) is 28.6 Å². The van der Waals surface area contributed by atoms with E-state index < -0.39 is 47.9 Å². The molecule has 0 radical (unpaired) electrons. The van der Waals surface area contributed by atoms with Crippen molar-refractivity contribution in [2.24, 2.45) is 17.4 Å². The smallest absolute Gasteiger partial charge is 0.325 e. The van der Waals surface area contributed by atoms with Crippen LogP contribution in [0.5, 0.6) is 0 Å². The first-order valence-corrected chi connectivity index (χ1v) is 10.4. The van der Waals surface area contributed by atoms with Gasteiger partial charge in [0.1, 0.15) is 18.1 Å². The van der Waals surface area contributed by atoms with Crippen LogP contribution in [0, 0.1) is 5.92 Å². The molecule has 10 nitrogen and oxygen atoms in total. The second kappa shape index (κ2) is 14.2. The quantitative estimate of drug-likeness (QED) is 0.135. The maximum Gasteiger partial charge on any atom is 0.325 e. The van der Waals surface area contributed by atoms with E-state index >= 15 is 0 Å². The van der Waals surface area contributed by atoms with E-state index in [-0.39, 0.29) is 11.7 Å². The molecule has 11 heteroatoms. The zero-order valence-corrected chi connectivity index (χ0v) is 18.2. The van der Waals surface area contributed by atoms with Gasteiger partial charge in [0.15, 0.2) is 0 Å². The Kier molecular flexibility index (Phi) is 13.3. The minimum absolute atomic E-state index is 0.00857. The van der Waals surface area contributed by atoms with Gasteiger partial charge in [-0.1, -0.05) is 20.3 Å². The molecule has 0 aliphatic carbocycles. The Morgan fingerprint density at radius 3 is 1.97 bits per heavy atom. The minimum atomic E-state index is -1.18. The molecule has 0 aliphatic heterocycles. The molecule has 0 bridgehead atoms. The second-order valence-corrected chi connectivity index (χ2v) is 7.76. The number of unbranched alkanes of at least 4 members (excludes halogenated alkanes) is 1. The van der Waals surface area contributed by atoms with Gasteiger partial charge in [0.25, 0.3) is 0 Å². The Labute approximate surface area is 177 Å². The number of hydrogen-bond acceptors (Lipinski definition) is 7. The van der Waals surface area contributed by atoms with E-state index in [1.54, 1.807) is 0 Å². The molecule has 0 aliphatic rings. The van der Waals surface area contributed by atoms with E-state index in [0.717, 1.165) is 6.42 Å². The number of hydrogen-bond donors (Lipinski definition) is 7. The second-order valence-electron chi connectivity index (χ2n) is 7.39. The number of aliphatic carboxylic acids is 1. The van der Waals surface area contributed by atoms with Crippen molar-refractivity contribution in [2.75, 3.05) is 12.3 Å². The summed E-state index contributed by atoms with van der Waals surface area (Å²) in [6.45, 7) is 5.57. The van der Waals surface area contributed by atoms with Crippen LogP contribution in [0.4, 0.5) is 0 Å². The van der Waals surface area contributed by atoms with Crippen LogP contribution < -0.4 is 27.4 Å². The normalized spacial score (nSPS) is 15.1. The lowest BCUT2D eigenvalue weighted by Gasteiger charge is -2.25. The monoisotopic (exact) mass is 433 g/mol. The number of carbonyl (C=O) groups is 4. The number of carboxylic acid groups (broad SMARTS) is 1. The Hall–Kier alpha value is -1.85. The van der Waals surface area contributed by atoms with Gasteiger partial charge in [-0.3, -0.25) is 19.2 Å². The number of rotatable bonds is 14. The van der Waals surface area contributed by atoms with E-state index in [1.807, 2.05) is 13.8 Å². The maximum atomic E-state index is 12.6. The molecule has 168 valence electrons. The van der Waals surface area contributed by atoms with Gasteiger partial charge < -0.3 is 32.5 Å². The molecule has 0 saturated heterocycles. The fourth-order valence-electron chi connectivity index (χ4n) is 2.46. The Balaban J connectivity index is 4.98. The lowest BCUT2D eigenvalue weighted by Crippen LogP contribution is -2.57. The lowest BCUT2D eigenvalue weighted by atomic mass is 10.0. The summed E-state index contributed by atoms with van der Waals surface area (Å²) in [6.07, 6.45) is 2.19. The third-order valence-corrected chi connectivity index (χ3v) is 4.56. The molecule has 0 unspecified atom stereocenters. The fourth-order valence-corrected chi connectivity index (χ4v) is 2.72. The summed E-state index contributed by atoms with van der Waals surface area (Å²) in [5.41, 5.74) is 11.2. The molecular formula is C18H35N5O5S. The Bertz CT molecular complexity index is 561. The average Bonchev–Trinajstić information content (AvgIpc) is 2.64. The molecule has 4 atom stereocenters.